The molecule has 4 heterocycles. The molecule has 2 fully saturated rings. The number of rotatable bonds is 7. The SMILES string of the molecule is CS(=O)(=O)N1CCN(c2ccc(-c3cc4nccnc4c(NC[C@@H]4CN(S(C)(=O)=O)CCO4)n3)cc2)CC1. The summed E-state index contributed by atoms with van der Waals surface area (Å²) in [7, 11) is -6.46. The van der Waals surface area contributed by atoms with Crippen LogP contribution in [0.1, 0.15) is 0 Å². The predicted molar refractivity (Wildman–Crippen MR) is 146 cm³/mol. The molecule has 0 spiro atoms. The van der Waals surface area contributed by atoms with E-state index in [2.05, 4.69) is 20.2 Å². The van der Waals surface area contributed by atoms with Gasteiger partial charge in [0.2, 0.25) is 20.0 Å². The lowest BCUT2D eigenvalue weighted by atomic mass is 10.1. The van der Waals surface area contributed by atoms with Crippen molar-refractivity contribution < 1.29 is 21.6 Å². The molecule has 2 aliphatic rings. The summed E-state index contributed by atoms with van der Waals surface area (Å²) in [5.74, 6) is 0.548. The number of sulfonamides is 2. The minimum absolute atomic E-state index is 0.273. The van der Waals surface area contributed by atoms with Gasteiger partial charge in [0.05, 0.1) is 36.4 Å². The van der Waals surface area contributed by atoms with Crippen molar-refractivity contribution in [2.75, 3.05) is 75.1 Å². The van der Waals surface area contributed by atoms with Crippen LogP contribution in [-0.2, 0) is 24.8 Å². The van der Waals surface area contributed by atoms with Crippen molar-refractivity contribution >= 4 is 42.6 Å². The minimum Gasteiger partial charge on any atom is -0.374 e. The highest BCUT2D eigenvalue weighted by Crippen LogP contribution is 2.28. The zero-order valence-electron chi connectivity index (χ0n) is 21.3. The fourth-order valence-electron chi connectivity index (χ4n) is 4.69. The average Bonchev–Trinajstić information content (AvgIpc) is 2.91. The summed E-state index contributed by atoms with van der Waals surface area (Å²) >= 11 is 0. The van der Waals surface area contributed by atoms with E-state index in [1.807, 2.05) is 30.3 Å². The Morgan fingerprint density at radius 3 is 2.29 bits per heavy atom. The highest BCUT2D eigenvalue weighted by atomic mass is 32.2. The van der Waals surface area contributed by atoms with Crippen LogP contribution in [0.2, 0.25) is 0 Å². The van der Waals surface area contributed by atoms with E-state index in [0.29, 0.717) is 62.7 Å². The maximum Gasteiger partial charge on any atom is 0.211 e. The second-order valence-corrected chi connectivity index (χ2v) is 13.4. The van der Waals surface area contributed by atoms with Crippen molar-refractivity contribution in [3.8, 4) is 11.3 Å². The van der Waals surface area contributed by atoms with E-state index in [0.717, 1.165) is 16.9 Å². The van der Waals surface area contributed by atoms with Crippen molar-refractivity contribution in [2.45, 2.75) is 6.10 Å². The first-order valence-corrected chi connectivity index (χ1v) is 16.0. The Morgan fingerprint density at radius 2 is 1.61 bits per heavy atom. The molecule has 0 amide bonds. The summed E-state index contributed by atoms with van der Waals surface area (Å²) in [6.07, 6.45) is 5.36. The van der Waals surface area contributed by atoms with Gasteiger partial charge >= 0.3 is 0 Å². The number of fused-ring (bicyclic) bond motifs is 1. The maximum absolute atomic E-state index is 12.0. The van der Waals surface area contributed by atoms with Crippen molar-refractivity contribution in [1.82, 2.24) is 23.6 Å². The van der Waals surface area contributed by atoms with Gasteiger partial charge in [-0.1, -0.05) is 12.1 Å². The standard InChI is InChI=1S/C24H31N7O5S2/c1-37(32,33)30-11-9-29(10-12-30)19-5-3-18(4-6-19)21-15-22-23(26-8-7-25-22)24(28-21)27-16-20-17-31(13-14-36-20)38(2,34)35/h3-8,15,20H,9-14,16-17H2,1-2H3,(H,27,28)/t20-/m1/s1. The number of pyridine rings is 1. The molecule has 38 heavy (non-hydrogen) atoms. The van der Waals surface area contributed by atoms with Crippen LogP contribution in [-0.4, -0.2) is 111 Å². The molecular weight excluding hydrogens is 530 g/mol. The Balaban J connectivity index is 1.33. The van der Waals surface area contributed by atoms with Gasteiger partial charge in [-0.3, -0.25) is 4.98 Å². The van der Waals surface area contributed by atoms with Crippen molar-refractivity contribution in [3.05, 3.63) is 42.7 Å². The van der Waals surface area contributed by atoms with Crippen LogP contribution in [0.5, 0.6) is 0 Å². The summed E-state index contributed by atoms with van der Waals surface area (Å²) in [6, 6.07) is 9.88. The molecule has 2 saturated heterocycles. The Labute approximate surface area is 222 Å². The van der Waals surface area contributed by atoms with E-state index in [1.165, 1.54) is 21.1 Å². The van der Waals surface area contributed by atoms with Gasteiger partial charge < -0.3 is 15.0 Å². The Hall–Kier alpha value is -2.91. The molecule has 2 aliphatic heterocycles. The predicted octanol–water partition coefficient (Wildman–Crippen LogP) is 0.846. The lowest BCUT2D eigenvalue weighted by Crippen LogP contribution is -2.48. The van der Waals surface area contributed by atoms with Gasteiger partial charge in [0, 0.05) is 69.5 Å². The van der Waals surface area contributed by atoms with Crippen LogP contribution < -0.4 is 10.2 Å². The van der Waals surface area contributed by atoms with Crippen molar-refractivity contribution in [1.29, 1.82) is 0 Å². The van der Waals surface area contributed by atoms with E-state index < -0.39 is 20.0 Å². The molecule has 0 radical (unpaired) electrons. The molecule has 5 rings (SSSR count). The lowest BCUT2D eigenvalue weighted by molar-refractivity contribution is 0.00702. The van der Waals surface area contributed by atoms with Gasteiger partial charge in [-0.2, -0.15) is 8.61 Å². The van der Waals surface area contributed by atoms with Crippen LogP contribution in [0.4, 0.5) is 11.5 Å². The number of morpholine rings is 1. The third kappa shape index (κ3) is 6.04. The van der Waals surface area contributed by atoms with E-state index in [9.17, 15) is 16.8 Å². The van der Waals surface area contributed by atoms with E-state index >= 15 is 0 Å². The fraction of sp³-hybridized carbons (Fsp3) is 0.458. The molecule has 2 aromatic heterocycles. The number of nitrogens with zero attached hydrogens (tertiary/aromatic N) is 6. The molecule has 204 valence electrons. The van der Waals surface area contributed by atoms with E-state index in [-0.39, 0.29) is 12.6 Å². The molecular formula is C24H31N7O5S2. The molecule has 0 bridgehead atoms. The molecule has 1 N–H and O–H groups in total. The molecule has 12 nitrogen and oxygen atoms in total. The monoisotopic (exact) mass is 561 g/mol. The Morgan fingerprint density at radius 1 is 0.921 bits per heavy atom. The zero-order chi connectivity index (χ0) is 26.9. The summed E-state index contributed by atoms with van der Waals surface area (Å²) in [6.45, 7) is 3.51. The zero-order valence-corrected chi connectivity index (χ0v) is 22.9. The van der Waals surface area contributed by atoms with Crippen molar-refractivity contribution in [3.63, 3.8) is 0 Å². The van der Waals surface area contributed by atoms with Gasteiger partial charge in [-0.25, -0.2) is 26.8 Å². The number of aromatic nitrogens is 3. The number of benzene rings is 1. The summed E-state index contributed by atoms with van der Waals surface area (Å²) in [5, 5.41) is 3.30. The first kappa shape index (κ1) is 26.7. The smallest absolute Gasteiger partial charge is 0.211 e. The third-order valence-electron chi connectivity index (χ3n) is 6.76. The maximum atomic E-state index is 12.0. The normalized spacial score (nSPS) is 20.1. The Kier molecular flexibility index (Phi) is 7.51. The highest BCUT2D eigenvalue weighted by Gasteiger charge is 2.27. The lowest BCUT2D eigenvalue weighted by Gasteiger charge is -2.34. The molecule has 0 unspecified atom stereocenters. The van der Waals surface area contributed by atoms with Crippen LogP contribution in [0.3, 0.4) is 0 Å². The number of anilines is 2. The van der Waals surface area contributed by atoms with Crippen molar-refractivity contribution in [2.24, 2.45) is 0 Å². The number of nitrogens with one attached hydrogen (secondary N) is 1. The number of ether oxygens (including phenoxy) is 1. The quantitative estimate of drug-likeness (QED) is 0.442. The second kappa shape index (κ2) is 10.7. The summed E-state index contributed by atoms with van der Waals surface area (Å²) in [4.78, 5) is 15.9. The first-order valence-electron chi connectivity index (χ1n) is 12.3. The summed E-state index contributed by atoms with van der Waals surface area (Å²) < 4.78 is 56.2. The number of hydrogen-bond donors (Lipinski definition) is 1. The summed E-state index contributed by atoms with van der Waals surface area (Å²) in [5.41, 5.74) is 3.94. The van der Waals surface area contributed by atoms with Gasteiger partial charge in [0.25, 0.3) is 0 Å². The number of piperazine rings is 1. The minimum atomic E-state index is -3.29. The topological polar surface area (TPSA) is 138 Å². The number of hydrogen-bond acceptors (Lipinski definition) is 10. The van der Waals surface area contributed by atoms with Gasteiger partial charge in [0.15, 0.2) is 5.82 Å². The van der Waals surface area contributed by atoms with Gasteiger partial charge in [0.1, 0.15) is 5.52 Å². The van der Waals surface area contributed by atoms with Crippen LogP contribution >= 0.6 is 0 Å². The molecule has 1 aromatic carbocycles. The van der Waals surface area contributed by atoms with Crippen LogP contribution in [0.25, 0.3) is 22.3 Å². The van der Waals surface area contributed by atoms with Crippen LogP contribution in [0.15, 0.2) is 42.7 Å². The second-order valence-electron chi connectivity index (χ2n) is 9.47. The largest absolute Gasteiger partial charge is 0.374 e. The van der Waals surface area contributed by atoms with E-state index in [1.54, 1.807) is 12.4 Å². The van der Waals surface area contributed by atoms with Gasteiger partial charge in [-0.15, -0.1) is 0 Å². The van der Waals surface area contributed by atoms with Crippen LogP contribution in [0, 0.1) is 0 Å². The Bertz CT molecular complexity index is 1510. The highest BCUT2D eigenvalue weighted by molar-refractivity contribution is 7.88. The molecule has 0 saturated carbocycles. The first-order chi connectivity index (χ1) is 18.1. The fourth-order valence-corrected chi connectivity index (χ4v) is 6.36. The molecule has 3 aromatic rings. The third-order valence-corrected chi connectivity index (χ3v) is 9.33. The molecule has 0 aliphatic carbocycles. The average molecular weight is 562 g/mol. The molecule has 1 atom stereocenters. The van der Waals surface area contributed by atoms with E-state index in [4.69, 9.17) is 9.72 Å². The van der Waals surface area contributed by atoms with Gasteiger partial charge in [-0.05, 0) is 18.2 Å². The molecule has 14 heteroatoms.